The van der Waals surface area contributed by atoms with E-state index in [9.17, 15) is 4.79 Å². The summed E-state index contributed by atoms with van der Waals surface area (Å²) in [5, 5.41) is 9.69. The van der Waals surface area contributed by atoms with Crippen molar-refractivity contribution in [2.24, 2.45) is 0 Å². The Kier molecular flexibility index (Phi) is 3.56. The van der Waals surface area contributed by atoms with Crippen LogP contribution in [0.5, 0.6) is 0 Å². The van der Waals surface area contributed by atoms with Crippen LogP contribution < -0.4 is 0 Å². The lowest BCUT2D eigenvalue weighted by atomic mass is 10.2. The van der Waals surface area contributed by atoms with Crippen molar-refractivity contribution in [3.63, 3.8) is 0 Å². The monoisotopic (exact) mass is 233 g/mol. The quantitative estimate of drug-likeness (QED) is 0.796. The molecule has 1 N–H and O–H groups in total. The predicted octanol–water partition coefficient (Wildman–Crippen LogP) is 1.54. The first-order chi connectivity index (χ1) is 8.20. The zero-order valence-corrected chi connectivity index (χ0v) is 9.72. The van der Waals surface area contributed by atoms with Crippen LogP contribution in [0.1, 0.15) is 10.6 Å². The van der Waals surface area contributed by atoms with Crippen molar-refractivity contribution in [2.75, 3.05) is 26.7 Å². The van der Waals surface area contributed by atoms with Crippen LogP contribution in [0.4, 0.5) is 0 Å². The minimum atomic E-state index is -0.0721. The molecule has 0 aliphatic carbocycles. The van der Waals surface area contributed by atoms with E-state index in [0.29, 0.717) is 12.3 Å². The summed E-state index contributed by atoms with van der Waals surface area (Å²) < 4.78 is 5.47. The van der Waals surface area contributed by atoms with Gasteiger partial charge in [-0.15, -0.1) is 0 Å². The van der Waals surface area contributed by atoms with Gasteiger partial charge in [-0.25, -0.2) is 0 Å². The van der Waals surface area contributed by atoms with E-state index in [2.05, 4.69) is 0 Å². The number of aliphatic hydroxyl groups excluding tert-OH is 1. The molecule has 0 spiro atoms. The van der Waals surface area contributed by atoms with E-state index in [4.69, 9.17) is 9.52 Å². The zero-order chi connectivity index (χ0) is 12.3. The summed E-state index contributed by atoms with van der Waals surface area (Å²) in [6, 6.07) is 9.28. The fourth-order valence-corrected chi connectivity index (χ4v) is 1.69. The standard InChI is InChI=1S/C13H15NO3/c1-14(6-7-15)9-11(16)13-8-10-4-2-3-5-12(10)17-13/h2-5,8,15H,6-7,9H2,1H3. The first kappa shape index (κ1) is 11.8. The topological polar surface area (TPSA) is 53.7 Å². The number of Topliss-reactive ketones (excluding diaryl/α,β-unsaturated/α-hetero) is 1. The second kappa shape index (κ2) is 5.12. The molecule has 0 radical (unpaired) electrons. The van der Waals surface area contributed by atoms with E-state index in [-0.39, 0.29) is 18.9 Å². The molecular formula is C13H15NO3. The highest BCUT2D eigenvalue weighted by atomic mass is 16.3. The molecule has 0 atom stereocenters. The van der Waals surface area contributed by atoms with Gasteiger partial charge in [-0.05, 0) is 19.2 Å². The molecule has 1 heterocycles. The Bertz CT molecular complexity index is 485. The third-order valence-corrected chi connectivity index (χ3v) is 2.60. The smallest absolute Gasteiger partial charge is 0.211 e. The number of nitrogens with zero attached hydrogens (tertiary/aromatic N) is 1. The summed E-state index contributed by atoms with van der Waals surface area (Å²) in [5.41, 5.74) is 0.723. The molecule has 4 nitrogen and oxygen atoms in total. The Hall–Kier alpha value is -1.65. The summed E-state index contributed by atoms with van der Waals surface area (Å²) in [7, 11) is 1.79. The number of furan rings is 1. The molecular weight excluding hydrogens is 218 g/mol. The fourth-order valence-electron chi connectivity index (χ4n) is 1.69. The summed E-state index contributed by atoms with van der Waals surface area (Å²) in [6.45, 7) is 0.774. The maximum absolute atomic E-state index is 11.9. The van der Waals surface area contributed by atoms with Gasteiger partial charge in [0.15, 0.2) is 5.76 Å². The molecule has 0 fully saturated rings. The summed E-state index contributed by atoms with van der Waals surface area (Å²) >= 11 is 0. The molecule has 0 saturated carbocycles. The van der Waals surface area contributed by atoms with Crippen LogP contribution in [0.2, 0.25) is 0 Å². The number of benzene rings is 1. The van der Waals surface area contributed by atoms with Gasteiger partial charge in [0.1, 0.15) is 5.58 Å². The third kappa shape index (κ3) is 2.72. The van der Waals surface area contributed by atoms with E-state index >= 15 is 0 Å². The molecule has 0 unspecified atom stereocenters. The molecule has 1 aromatic carbocycles. The van der Waals surface area contributed by atoms with Crippen molar-refractivity contribution in [3.8, 4) is 0 Å². The van der Waals surface area contributed by atoms with Gasteiger partial charge in [0.05, 0.1) is 13.2 Å². The molecule has 2 aromatic rings. The van der Waals surface area contributed by atoms with Crippen LogP contribution in [0.25, 0.3) is 11.0 Å². The second-order valence-electron chi connectivity index (χ2n) is 4.03. The number of hydrogen-bond donors (Lipinski definition) is 1. The lowest BCUT2D eigenvalue weighted by Crippen LogP contribution is -2.28. The van der Waals surface area contributed by atoms with Gasteiger partial charge in [0.2, 0.25) is 5.78 Å². The normalized spacial score (nSPS) is 11.2. The number of ketones is 1. The molecule has 0 saturated heterocycles. The maximum Gasteiger partial charge on any atom is 0.211 e. The van der Waals surface area contributed by atoms with Crippen molar-refractivity contribution in [1.82, 2.24) is 4.90 Å². The van der Waals surface area contributed by atoms with Crippen molar-refractivity contribution in [2.45, 2.75) is 0 Å². The first-order valence-electron chi connectivity index (χ1n) is 5.52. The second-order valence-corrected chi connectivity index (χ2v) is 4.03. The maximum atomic E-state index is 11.9. The van der Waals surface area contributed by atoms with Crippen molar-refractivity contribution < 1.29 is 14.3 Å². The average molecular weight is 233 g/mol. The Balaban J connectivity index is 2.13. The van der Waals surface area contributed by atoms with Gasteiger partial charge in [0, 0.05) is 11.9 Å². The Morgan fingerprint density at radius 3 is 2.88 bits per heavy atom. The van der Waals surface area contributed by atoms with Crippen molar-refractivity contribution >= 4 is 16.8 Å². The third-order valence-electron chi connectivity index (χ3n) is 2.60. The van der Waals surface area contributed by atoms with E-state index < -0.39 is 0 Å². The van der Waals surface area contributed by atoms with Crippen LogP contribution in [-0.2, 0) is 0 Å². The lowest BCUT2D eigenvalue weighted by Gasteiger charge is -2.12. The van der Waals surface area contributed by atoms with Gasteiger partial charge < -0.3 is 9.52 Å². The van der Waals surface area contributed by atoms with Gasteiger partial charge in [-0.2, -0.15) is 0 Å². The van der Waals surface area contributed by atoms with Crippen LogP contribution in [0, 0.1) is 0 Å². The number of rotatable bonds is 5. The van der Waals surface area contributed by atoms with E-state index in [1.165, 1.54) is 0 Å². The molecule has 0 aliphatic rings. The molecule has 0 bridgehead atoms. The molecule has 4 heteroatoms. The average Bonchev–Trinajstić information content (AvgIpc) is 2.72. The fraction of sp³-hybridized carbons (Fsp3) is 0.308. The Morgan fingerprint density at radius 2 is 2.18 bits per heavy atom. The van der Waals surface area contributed by atoms with Crippen LogP contribution in [0.3, 0.4) is 0 Å². The van der Waals surface area contributed by atoms with Gasteiger partial charge in [0.25, 0.3) is 0 Å². The van der Waals surface area contributed by atoms with Gasteiger partial charge in [-0.3, -0.25) is 9.69 Å². The molecule has 0 amide bonds. The number of para-hydroxylation sites is 1. The number of hydrogen-bond acceptors (Lipinski definition) is 4. The highest BCUT2D eigenvalue weighted by molar-refractivity contribution is 5.98. The summed E-state index contributed by atoms with van der Waals surface area (Å²) in [5.74, 6) is 0.299. The minimum Gasteiger partial charge on any atom is -0.453 e. The van der Waals surface area contributed by atoms with Crippen LogP contribution in [-0.4, -0.2) is 42.5 Å². The molecule has 1 aromatic heterocycles. The van der Waals surface area contributed by atoms with Gasteiger partial charge >= 0.3 is 0 Å². The van der Waals surface area contributed by atoms with Crippen molar-refractivity contribution in [3.05, 3.63) is 36.1 Å². The highest BCUT2D eigenvalue weighted by Crippen LogP contribution is 2.19. The zero-order valence-electron chi connectivity index (χ0n) is 9.72. The minimum absolute atomic E-state index is 0.0455. The molecule has 0 aliphatic heterocycles. The lowest BCUT2D eigenvalue weighted by molar-refractivity contribution is 0.0910. The van der Waals surface area contributed by atoms with Crippen LogP contribution >= 0.6 is 0 Å². The Morgan fingerprint density at radius 1 is 1.41 bits per heavy atom. The van der Waals surface area contributed by atoms with E-state index in [1.807, 2.05) is 24.3 Å². The number of aliphatic hydroxyl groups is 1. The molecule has 2 rings (SSSR count). The number of fused-ring (bicyclic) bond motifs is 1. The van der Waals surface area contributed by atoms with Crippen molar-refractivity contribution in [1.29, 1.82) is 0 Å². The summed E-state index contributed by atoms with van der Waals surface area (Å²) in [6.07, 6.45) is 0. The van der Waals surface area contributed by atoms with E-state index in [0.717, 1.165) is 11.0 Å². The molecule has 17 heavy (non-hydrogen) atoms. The SMILES string of the molecule is CN(CCO)CC(=O)c1cc2ccccc2o1. The first-order valence-corrected chi connectivity index (χ1v) is 5.52. The summed E-state index contributed by atoms with van der Waals surface area (Å²) in [4.78, 5) is 13.6. The highest BCUT2D eigenvalue weighted by Gasteiger charge is 2.13. The largest absolute Gasteiger partial charge is 0.453 e. The number of carbonyl (C=O) groups excluding carboxylic acids is 1. The van der Waals surface area contributed by atoms with E-state index in [1.54, 1.807) is 18.0 Å². The Labute approximate surface area is 99.4 Å². The van der Waals surface area contributed by atoms with Crippen LogP contribution in [0.15, 0.2) is 34.7 Å². The van der Waals surface area contributed by atoms with Gasteiger partial charge in [-0.1, -0.05) is 18.2 Å². The predicted molar refractivity (Wildman–Crippen MR) is 65.1 cm³/mol. The number of carbonyl (C=O) groups is 1. The molecule has 90 valence electrons. The number of likely N-dealkylation sites (N-methyl/N-ethyl adjacent to an activating group) is 1.